The van der Waals surface area contributed by atoms with E-state index in [0.29, 0.717) is 30.0 Å². The molecule has 0 aliphatic heterocycles. The second-order valence-corrected chi connectivity index (χ2v) is 9.16. The van der Waals surface area contributed by atoms with Crippen LogP contribution in [0, 0.1) is 12.8 Å². The number of carboxylic acids is 1. The number of nitrogens with one attached hydrogen (secondary N) is 1. The number of pyridine rings is 1. The lowest BCUT2D eigenvalue weighted by molar-refractivity contribution is -0.143. The molecule has 2 N–H and O–H groups in total. The monoisotopic (exact) mass is 492 g/mol. The Morgan fingerprint density at radius 3 is 2.69 bits per heavy atom. The van der Waals surface area contributed by atoms with Gasteiger partial charge in [0.05, 0.1) is 41.8 Å². The minimum Gasteiger partial charge on any atom is -0.489 e. The summed E-state index contributed by atoms with van der Waals surface area (Å²) in [4.78, 5) is 28.5. The molecule has 0 spiro atoms. The average molecular weight is 493 g/mol. The van der Waals surface area contributed by atoms with Gasteiger partial charge in [0.25, 0.3) is 0 Å². The molecule has 1 aromatic carbocycles. The fraction of sp³-hybridized carbons (Fsp3) is 0.407. The number of rotatable bonds is 8. The van der Waals surface area contributed by atoms with Gasteiger partial charge in [-0.15, -0.1) is 0 Å². The molecule has 1 amide bonds. The van der Waals surface area contributed by atoms with Crippen molar-refractivity contribution in [2.24, 2.45) is 13.0 Å². The molecule has 1 saturated carbocycles. The van der Waals surface area contributed by atoms with Crippen LogP contribution in [0.15, 0.2) is 48.7 Å². The van der Waals surface area contributed by atoms with E-state index in [1.807, 2.05) is 63.4 Å². The lowest BCUT2D eigenvalue weighted by Gasteiger charge is -2.27. The van der Waals surface area contributed by atoms with E-state index in [1.54, 1.807) is 10.9 Å². The van der Waals surface area contributed by atoms with Crippen LogP contribution >= 0.6 is 0 Å². The fourth-order valence-corrected chi connectivity index (χ4v) is 4.52. The lowest BCUT2D eigenvalue weighted by atomic mass is 9.87. The maximum absolute atomic E-state index is 12.4. The second-order valence-electron chi connectivity index (χ2n) is 9.16. The summed E-state index contributed by atoms with van der Waals surface area (Å²) in [6.45, 7) is 3.92. The molecule has 1 unspecified atom stereocenters. The number of amides is 1. The van der Waals surface area contributed by atoms with Crippen molar-refractivity contribution in [1.82, 2.24) is 20.1 Å². The molecule has 9 heteroatoms. The summed E-state index contributed by atoms with van der Waals surface area (Å²) < 4.78 is 13.3. The van der Waals surface area contributed by atoms with Gasteiger partial charge >= 0.3 is 12.1 Å². The van der Waals surface area contributed by atoms with Crippen LogP contribution in [0.4, 0.5) is 4.79 Å². The number of ether oxygens (including phenoxy) is 2. The Labute approximate surface area is 210 Å². The van der Waals surface area contributed by atoms with E-state index in [1.165, 1.54) is 0 Å². The first-order valence-corrected chi connectivity index (χ1v) is 12.2. The molecule has 2 aromatic heterocycles. The Morgan fingerprint density at radius 1 is 1.19 bits per heavy atom. The third kappa shape index (κ3) is 6.02. The minimum absolute atomic E-state index is 0.131. The van der Waals surface area contributed by atoms with Gasteiger partial charge in [-0.1, -0.05) is 30.3 Å². The molecule has 0 radical (unpaired) electrons. The van der Waals surface area contributed by atoms with Crippen LogP contribution in [-0.4, -0.2) is 38.0 Å². The van der Waals surface area contributed by atoms with Gasteiger partial charge < -0.3 is 19.9 Å². The Hall–Kier alpha value is -3.88. The highest BCUT2D eigenvalue weighted by Gasteiger charge is 2.28. The van der Waals surface area contributed by atoms with E-state index >= 15 is 0 Å². The topological polar surface area (TPSA) is 116 Å². The number of alkyl carbamates (subject to hydrolysis) is 1. The number of hydrogen-bond acceptors (Lipinski definition) is 6. The van der Waals surface area contributed by atoms with Gasteiger partial charge in [-0.05, 0) is 57.2 Å². The molecule has 1 aliphatic rings. The van der Waals surface area contributed by atoms with Crippen molar-refractivity contribution in [3.63, 3.8) is 0 Å². The largest absolute Gasteiger partial charge is 0.489 e. The molecular weight excluding hydrogens is 460 g/mol. The molecule has 2 heterocycles. The van der Waals surface area contributed by atoms with Gasteiger partial charge in [0.15, 0.2) is 0 Å². The Morgan fingerprint density at radius 2 is 1.97 bits per heavy atom. The predicted octanol–water partition coefficient (Wildman–Crippen LogP) is 4.80. The van der Waals surface area contributed by atoms with Gasteiger partial charge in [-0.3, -0.25) is 9.48 Å². The van der Waals surface area contributed by atoms with Gasteiger partial charge in [0, 0.05) is 12.6 Å². The maximum atomic E-state index is 12.4. The summed E-state index contributed by atoms with van der Waals surface area (Å²) in [5.41, 5.74) is 3.93. The molecular formula is C27H32N4O5. The van der Waals surface area contributed by atoms with E-state index in [-0.39, 0.29) is 24.7 Å². The highest BCUT2D eigenvalue weighted by atomic mass is 16.6. The van der Waals surface area contributed by atoms with Gasteiger partial charge in [-0.25, -0.2) is 9.78 Å². The quantitative estimate of drug-likeness (QED) is 0.464. The number of aryl methyl sites for hydroxylation is 2. The van der Waals surface area contributed by atoms with Crippen molar-refractivity contribution in [2.75, 3.05) is 0 Å². The Kier molecular flexibility index (Phi) is 7.87. The smallest absolute Gasteiger partial charge is 0.408 e. The number of nitrogens with zero attached hydrogens (tertiary/aromatic N) is 3. The number of aliphatic carboxylic acids is 1. The SMILES string of the molecule is Cc1nc(-c2cnn(C)c2CNC(=O)OC(C)c2ccccc2)ccc1O[C@H]1CCC[C@H](C(=O)O)C1. The van der Waals surface area contributed by atoms with Crippen molar-refractivity contribution in [3.8, 4) is 17.0 Å². The molecule has 0 saturated heterocycles. The zero-order valence-corrected chi connectivity index (χ0v) is 20.8. The van der Waals surface area contributed by atoms with Crippen molar-refractivity contribution in [1.29, 1.82) is 0 Å². The zero-order chi connectivity index (χ0) is 25.7. The molecule has 3 atom stereocenters. The molecule has 1 aliphatic carbocycles. The molecule has 4 rings (SSSR count). The van der Waals surface area contributed by atoms with Crippen LogP contribution in [0.2, 0.25) is 0 Å². The third-order valence-electron chi connectivity index (χ3n) is 6.60. The first kappa shape index (κ1) is 25.2. The maximum Gasteiger partial charge on any atom is 0.408 e. The highest BCUT2D eigenvalue weighted by molar-refractivity contribution is 5.70. The summed E-state index contributed by atoms with van der Waals surface area (Å²) in [6.07, 6.45) is 3.58. The summed E-state index contributed by atoms with van der Waals surface area (Å²) in [6, 6.07) is 13.3. The normalized spacial score (nSPS) is 18.3. The number of aromatic nitrogens is 3. The highest BCUT2D eigenvalue weighted by Crippen LogP contribution is 2.31. The Bertz CT molecular complexity index is 1210. The van der Waals surface area contributed by atoms with Gasteiger partial charge in [0.1, 0.15) is 11.9 Å². The summed E-state index contributed by atoms with van der Waals surface area (Å²) >= 11 is 0. The number of hydrogen-bond donors (Lipinski definition) is 2. The molecule has 0 bridgehead atoms. The number of benzene rings is 1. The van der Waals surface area contributed by atoms with Crippen LogP contribution in [0.5, 0.6) is 5.75 Å². The van der Waals surface area contributed by atoms with Gasteiger partial charge in [0.2, 0.25) is 0 Å². The van der Waals surface area contributed by atoms with E-state index in [0.717, 1.165) is 29.7 Å². The van der Waals surface area contributed by atoms with Crippen LogP contribution < -0.4 is 10.1 Å². The molecule has 36 heavy (non-hydrogen) atoms. The van der Waals surface area contributed by atoms with Crippen LogP contribution in [0.1, 0.15) is 55.7 Å². The fourth-order valence-electron chi connectivity index (χ4n) is 4.52. The first-order valence-electron chi connectivity index (χ1n) is 12.2. The van der Waals surface area contributed by atoms with Gasteiger partial charge in [-0.2, -0.15) is 5.10 Å². The first-order chi connectivity index (χ1) is 17.3. The number of carbonyl (C=O) groups excluding carboxylic acids is 1. The van der Waals surface area contributed by atoms with E-state index in [9.17, 15) is 14.7 Å². The van der Waals surface area contributed by atoms with Crippen molar-refractivity contribution < 1.29 is 24.2 Å². The third-order valence-corrected chi connectivity index (χ3v) is 6.60. The van der Waals surface area contributed by atoms with Crippen molar-refractivity contribution in [3.05, 3.63) is 65.6 Å². The molecule has 9 nitrogen and oxygen atoms in total. The minimum atomic E-state index is -0.760. The molecule has 1 fully saturated rings. The molecule has 3 aromatic rings. The van der Waals surface area contributed by atoms with E-state index in [4.69, 9.17) is 14.5 Å². The summed E-state index contributed by atoms with van der Waals surface area (Å²) in [5.74, 6) is -0.467. The van der Waals surface area contributed by atoms with Crippen LogP contribution in [0.25, 0.3) is 11.3 Å². The Balaban J connectivity index is 1.40. The van der Waals surface area contributed by atoms with Crippen LogP contribution in [0.3, 0.4) is 0 Å². The molecule has 190 valence electrons. The van der Waals surface area contributed by atoms with E-state index in [2.05, 4.69) is 10.4 Å². The summed E-state index contributed by atoms with van der Waals surface area (Å²) in [5, 5.41) is 16.5. The number of carboxylic acid groups (broad SMARTS) is 1. The van der Waals surface area contributed by atoms with Crippen LogP contribution in [-0.2, 0) is 23.1 Å². The van der Waals surface area contributed by atoms with E-state index < -0.39 is 12.1 Å². The van der Waals surface area contributed by atoms with Crippen molar-refractivity contribution in [2.45, 2.75) is 58.3 Å². The average Bonchev–Trinajstić information content (AvgIpc) is 3.24. The lowest BCUT2D eigenvalue weighted by Crippen LogP contribution is -2.29. The predicted molar refractivity (Wildman–Crippen MR) is 133 cm³/mol. The summed E-state index contributed by atoms with van der Waals surface area (Å²) in [7, 11) is 1.81. The zero-order valence-electron chi connectivity index (χ0n) is 20.8. The standard InChI is InChI=1S/C27H32N4O5/c1-17-25(36-21-11-7-10-20(14-21)26(32)33)13-12-23(30-17)22-15-29-31(3)24(22)16-28-27(34)35-18(2)19-8-5-4-6-9-19/h4-6,8-9,12-13,15,18,20-21H,7,10-11,14,16H2,1-3H3,(H,28,34)(H,32,33)/t18?,20-,21-/m0/s1. The van der Waals surface area contributed by atoms with Crippen molar-refractivity contribution >= 4 is 12.1 Å². The second kappa shape index (κ2) is 11.2. The number of carbonyl (C=O) groups is 2.